The molecule has 0 spiro atoms. The molecule has 0 unspecified atom stereocenters. The standard InChI is InChI=1S/C11H19N5/c1-8-14-10(13-6-5-12)7-11(15-8)16-9-3-2-4-9/h7,9H,2-6,12H2,1H3,(H2,13,14,15,16). The molecule has 0 aromatic carbocycles. The number of anilines is 2. The van der Waals surface area contributed by atoms with Crippen LogP contribution in [-0.4, -0.2) is 29.1 Å². The summed E-state index contributed by atoms with van der Waals surface area (Å²) < 4.78 is 0. The molecule has 5 heteroatoms. The third kappa shape index (κ3) is 2.82. The van der Waals surface area contributed by atoms with E-state index in [4.69, 9.17) is 5.73 Å². The fraction of sp³-hybridized carbons (Fsp3) is 0.636. The zero-order chi connectivity index (χ0) is 11.4. The number of rotatable bonds is 5. The molecule has 0 saturated heterocycles. The maximum absolute atomic E-state index is 5.44. The Balaban J connectivity index is 2.02. The first kappa shape index (κ1) is 11.1. The zero-order valence-electron chi connectivity index (χ0n) is 9.66. The van der Waals surface area contributed by atoms with Gasteiger partial charge >= 0.3 is 0 Å². The van der Waals surface area contributed by atoms with E-state index in [9.17, 15) is 0 Å². The highest BCUT2D eigenvalue weighted by Crippen LogP contribution is 2.23. The number of aromatic nitrogens is 2. The lowest BCUT2D eigenvalue weighted by atomic mass is 9.93. The van der Waals surface area contributed by atoms with Gasteiger partial charge in [0.2, 0.25) is 0 Å². The molecule has 1 aromatic rings. The van der Waals surface area contributed by atoms with Gasteiger partial charge in [-0.05, 0) is 26.2 Å². The van der Waals surface area contributed by atoms with Crippen molar-refractivity contribution in [2.24, 2.45) is 5.73 Å². The van der Waals surface area contributed by atoms with Crippen molar-refractivity contribution < 1.29 is 0 Å². The van der Waals surface area contributed by atoms with Crippen LogP contribution in [0.2, 0.25) is 0 Å². The Morgan fingerprint density at radius 1 is 1.38 bits per heavy atom. The maximum Gasteiger partial charge on any atom is 0.132 e. The Kier molecular flexibility index (Phi) is 3.56. The largest absolute Gasteiger partial charge is 0.369 e. The smallest absolute Gasteiger partial charge is 0.132 e. The van der Waals surface area contributed by atoms with Gasteiger partial charge in [-0.2, -0.15) is 0 Å². The lowest BCUT2D eigenvalue weighted by molar-refractivity contribution is 0.444. The first-order valence-electron chi connectivity index (χ1n) is 5.84. The van der Waals surface area contributed by atoms with Gasteiger partial charge in [0.05, 0.1) is 0 Å². The van der Waals surface area contributed by atoms with Gasteiger partial charge in [0.15, 0.2) is 0 Å². The number of nitrogens with zero attached hydrogens (tertiary/aromatic N) is 2. The molecule has 88 valence electrons. The van der Waals surface area contributed by atoms with Gasteiger partial charge < -0.3 is 16.4 Å². The summed E-state index contributed by atoms with van der Waals surface area (Å²) in [6.07, 6.45) is 3.81. The Labute approximate surface area is 95.9 Å². The molecule has 0 bridgehead atoms. The van der Waals surface area contributed by atoms with Crippen LogP contribution >= 0.6 is 0 Å². The molecule has 0 aliphatic heterocycles. The van der Waals surface area contributed by atoms with Gasteiger partial charge in [0.25, 0.3) is 0 Å². The van der Waals surface area contributed by atoms with E-state index in [1.165, 1.54) is 19.3 Å². The van der Waals surface area contributed by atoms with E-state index in [1.54, 1.807) is 0 Å². The molecular weight excluding hydrogens is 202 g/mol. The van der Waals surface area contributed by atoms with Crippen LogP contribution in [-0.2, 0) is 0 Å². The average Bonchev–Trinajstić information content (AvgIpc) is 2.20. The SMILES string of the molecule is Cc1nc(NCCN)cc(NC2CCC2)n1. The molecule has 0 amide bonds. The second-order valence-electron chi connectivity index (χ2n) is 4.17. The average molecular weight is 221 g/mol. The molecule has 0 radical (unpaired) electrons. The lowest BCUT2D eigenvalue weighted by Gasteiger charge is -2.27. The van der Waals surface area contributed by atoms with Crippen LogP contribution in [0.1, 0.15) is 25.1 Å². The molecule has 5 nitrogen and oxygen atoms in total. The van der Waals surface area contributed by atoms with Gasteiger partial charge in [0, 0.05) is 25.2 Å². The molecule has 1 aliphatic carbocycles. The van der Waals surface area contributed by atoms with Crippen molar-refractivity contribution in [3.05, 3.63) is 11.9 Å². The molecular formula is C11H19N5. The van der Waals surface area contributed by atoms with Crippen molar-refractivity contribution in [2.45, 2.75) is 32.2 Å². The topological polar surface area (TPSA) is 75.9 Å². The van der Waals surface area contributed by atoms with Crippen LogP contribution in [0.5, 0.6) is 0 Å². The van der Waals surface area contributed by atoms with Crippen molar-refractivity contribution in [3.8, 4) is 0 Å². The highest BCUT2D eigenvalue weighted by molar-refractivity contribution is 5.48. The third-order valence-corrected chi connectivity index (χ3v) is 2.75. The quantitative estimate of drug-likeness (QED) is 0.694. The highest BCUT2D eigenvalue weighted by Gasteiger charge is 2.17. The van der Waals surface area contributed by atoms with Crippen LogP contribution in [0.15, 0.2) is 6.07 Å². The predicted octanol–water partition coefficient (Wildman–Crippen LogP) is 1.12. The second-order valence-corrected chi connectivity index (χ2v) is 4.17. The Hall–Kier alpha value is -1.36. The predicted molar refractivity (Wildman–Crippen MR) is 65.6 cm³/mol. The van der Waals surface area contributed by atoms with Crippen molar-refractivity contribution in [1.29, 1.82) is 0 Å². The number of nitrogens with one attached hydrogen (secondary N) is 2. The summed E-state index contributed by atoms with van der Waals surface area (Å²) >= 11 is 0. The van der Waals surface area contributed by atoms with Crippen LogP contribution in [0.3, 0.4) is 0 Å². The summed E-state index contributed by atoms with van der Waals surface area (Å²) in [6.45, 7) is 3.24. The van der Waals surface area contributed by atoms with E-state index in [0.29, 0.717) is 12.6 Å². The number of hydrogen-bond acceptors (Lipinski definition) is 5. The summed E-state index contributed by atoms with van der Waals surface area (Å²) in [5, 5.41) is 6.58. The van der Waals surface area contributed by atoms with Crippen molar-refractivity contribution in [3.63, 3.8) is 0 Å². The monoisotopic (exact) mass is 221 g/mol. The molecule has 2 rings (SSSR count). The number of hydrogen-bond donors (Lipinski definition) is 3. The number of nitrogens with two attached hydrogens (primary N) is 1. The van der Waals surface area contributed by atoms with Crippen molar-refractivity contribution >= 4 is 11.6 Å². The minimum atomic E-state index is 0.594. The fourth-order valence-corrected chi connectivity index (χ4v) is 1.69. The van der Waals surface area contributed by atoms with Gasteiger partial charge in [0.1, 0.15) is 17.5 Å². The third-order valence-electron chi connectivity index (χ3n) is 2.75. The fourth-order valence-electron chi connectivity index (χ4n) is 1.69. The van der Waals surface area contributed by atoms with Gasteiger partial charge in [-0.3, -0.25) is 0 Å². The van der Waals surface area contributed by atoms with Crippen molar-refractivity contribution in [2.75, 3.05) is 23.7 Å². The Morgan fingerprint density at radius 2 is 2.12 bits per heavy atom. The maximum atomic E-state index is 5.44. The van der Waals surface area contributed by atoms with Crippen LogP contribution < -0.4 is 16.4 Å². The van der Waals surface area contributed by atoms with Crippen LogP contribution in [0.25, 0.3) is 0 Å². The molecule has 4 N–H and O–H groups in total. The van der Waals surface area contributed by atoms with E-state index in [-0.39, 0.29) is 0 Å². The summed E-state index contributed by atoms with van der Waals surface area (Å²) in [6, 6.07) is 2.54. The van der Waals surface area contributed by atoms with E-state index < -0.39 is 0 Å². The lowest BCUT2D eigenvalue weighted by Crippen LogP contribution is -2.27. The number of aryl methyl sites for hydroxylation is 1. The Morgan fingerprint density at radius 3 is 2.75 bits per heavy atom. The first-order valence-corrected chi connectivity index (χ1v) is 5.84. The molecule has 1 saturated carbocycles. The normalized spacial score (nSPS) is 15.6. The van der Waals surface area contributed by atoms with E-state index in [0.717, 1.165) is 24.0 Å². The Bertz CT molecular complexity index is 348. The molecule has 1 fully saturated rings. The zero-order valence-corrected chi connectivity index (χ0v) is 9.66. The molecule has 1 aliphatic rings. The van der Waals surface area contributed by atoms with Gasteiger partial charge in [-0.1, -0.05) is 0 Å². The minimum absolute atomic E-state index is 0.594. The summed E-state index contributed by atoms with van der Waals surface area (Å²) in [4.78, 5) is 8.67. The van der Waals surface area contributed by atoms with E-state index in [1.807, 2.05) is 13.0 Å². The summed E-state index contributed by atoms with van der Waals surface area (Å²) in [7, 11) is 0. The van der Waals surface area contributed by atoms with Crippen LogP contribution in [0.4, 0.5) is 11.6 Å². The van der Waals surface area contributed by atoms with Crippen LogP contribution in [0, 0.1) is 6.92 Å². The molecule has 16 heavy (non-hydrogen) atoms. The molecule has 1 heterocycles. The first-order chi connectivity index (χ1) is 7.78. The summed E-state index contributed by atoms with van der Waals surface area (Å²) in [5.41, 5.74) is 5.44. The van der Waals surface area contributed by atoms with Gasteiger partial charge in [-0.15, -0.1) is 0 Å². The van der Waals surface area contributed by atoms with E-state index >= 15 is 0 Å². The van der Waals surface area contributed by atoms with Gasteiger partial charge in [-0.25, -0.2) is 9.97 Å². The molecule has 1 aromatic heterocycles. The summed E-state index contributed by atoms with van der Waals surface area (Å²) in [5.74, 6) is 2.54. The highest BCUT2D eigenvalue weighted by atomic mass is 15.1. The minimum Gasteiger partial charge on any atom is -0.369 e. The van der Waals surface area contributed by atoms with Crippen molar-refractivity contribution in [1.82, 2.24) is 9.97 Å². The molecule has 0 atom stereocenters. The van der Waals surface area contributed by atoms with E-state index in [2.05, 4.69) is 20.6 Å². The second kappa shape index (κ2) is 5.12.